The van der Waals surface area contributed by atoms with Crippen molar-refractivity contribution < 1.29 is 0 Å². The van der Waals surface area contributed by atoms with Crippen LogP contribution in [0.25, 0.3) is 0 Å². The largest absolute Gasteiger partial charge is 0.319 e. The standard InChI is InChI=1S/C16H26N2S2/c1-17-10-12-6-5-9-14-16(12)18-15(20-14)11-19-13-7-3-2-4-8-13/h12-13,17H,2-11H2,1H3. The molecule has 1 aromatic heterocycles. The Morgan fingerprint density at radius 1 is 1.20 bits per heavy atom. The number of likely N-dealkylation sites (N-methyl/N-ethyl adjacent to an activating group) is 1. The molecule has 0 aromatic carbocycles. The van der Waals surface area contributed by atoms with E-state index in [0.29, 0.717) is 5.92 Å². The summed E-state index contributed by atoms with van der Waals surface area (Å²) < 4.78 is 0. The minimum absolute atomic E-state index is 0.661. The van der Waals surface area contributed by atoms with E-state index in [-0.39, 0.29) is 0 Å². The van der Waals surface area contributed by atoms with Crippen LogP contribution >= 0.6 is 23.1 Å². The highest BCUT2D eigenvalue weighted by Crippen LogP contribution is 2.37. The second-order valence-electron chi connectivity index (χ2n) is 6.13. The topological polar surface area (TPSA) is 24.9 Å². The molecule has 4 heteroatoms. The Morgan fingerprint density at radius 2 is 2.05 bits per heavy atom. The summed E-state index contributed by atoms with van der Waals surface area (Å²) in [5.41, 5.74) is 1.43. The third-order valence-corrected chi connectivity index (χ3v) is 7.26. The van der Waals surface area contributed by atoms with Gasteiger partial charge in [-0.25, -0.2) is 4.98 Å². The number of aryl methyl sites for hydroxylation is 1. The minimum Gasteiger partial charge on any atom is -0.319 e. The fourth-order valence-corrected chi connectivity index (χ4v) is 6.03. The van der Waals surface area contributed by atoms with E-state index < -0.39 is 0 Å². The van der Waals surface area contributed by atoms with Crippen molar-refractivity contribution >= 4 is 23.1 Å². The molecular formula is C16H26N2S2. The Labute approximate surface area is 131 Å². The molecule has 1 atom stereocenters. The summed E-state index contributed by atoms with van der Waals surface area (Å²) in [5.74, 6) is 1.81. The van der Waals surface area contributed by atoms with E-state index in [0.717, 1.165) is 17.5 Å². The van der Waals surface area contributed by atoms with Crippen LogP contribution in [0.3, 0.4) is 0 Å². The van der Waals surface area contributed by atoms with Gasteiger partial charge in [-0.1, -0.05) is 19.3 Å². The highest BCUT2D eigenvalue weighted by molar-refractivity contribution is 7.99. The van der Waals surface area contributed by atoms with Crippen molar-refractivity contribution in [2.75, 3.05) is 13.6 Å². The van der Waals surface area contributed by atoms with Crippen LogP contribution < -0.4 is 5.32 Å². The molecule has 1 fully saturated rings. The summed E-state index contributed by atoms with van der Waals surface area (Å²) in [6.07, 6.45) is 11.1. The number of hydrogen-bond donors (Lipinski definition) is 1. The van der Waals surface area contributed by atoms with Crippen LogP contribution in [0.2, 0.25) is 0 Å². The summed E-state index contributed by atoms with van der Waals surface area (Å²) in [5, 5.41) is 5.61. The molecule has 1 aromatic rings. The normalized spacial score (nSPS) is 23.8. The van der Waals surface area contributed by atoms with Crippen molar-refractivity contribution in [1.82, 2.24) is 10.3 Å². The van der Waals surface area contributed by atoms with Gasteiger partial charge in [-0.3, -0.25) is 0 Å². The summed E-state index contributed by atoms with van der Waals surface area (Å²) in [7, 11) is 2.06. The zero-order valence-electron chi connectivity index (χ0n) is 12.5. The molecule has 1 unspecified atom stereocenters. The van der Waals surface area contributed by atoms with Gasteiger partial charge in [-0.05, 0) is 39.2 Å². The van der Waals surface area contributed by atoms with Crippen LogP contribution in [0.5, 0.6) is 0 Å². The van der Waals surface area contributed by atoms with Gasteiger partial charge >= 0.3 is 0 Å². The molecule has 1 saturated carbocycles. The predicted octanol–water partition coefficient (Wildman–Crippen LogP) is 4.35. The smallest absolute Gasteiger partial charge is 0.103 e. The lowest BCUT2D eigenvalue weighted by molar-refractivity contribution is 0.515. The number of thioether (sulfide) groups is 1. The van der Waals surface area contributed by atoms with Gasteiger partial charge in [0.15, 0.2) is 0 Å². The maximum absolute atomic E-state index is 4.99. The molecule has 1 heterocycles. The van der Waals surface area contributed by atoms with Gasteiger partial charge in [0.25, 0.3) is 0 Å². The first-order valence-electron chi connectivity index (χ1n) is 8.11. The second-order valence-corrected chi connectivity index (χ2v) is 8.59. The van der Waals surface area contributed by atoms with Gasteiger partial charge in [-0.2, -0.15) is 11.8 Å². The Balaban J connectivity index is 1.60. The van der Waals surface area contributed by atoms with Gasteiger partial charge < -0.3 is 5.32 Å². The van der Waals surface area contributed by atoms with E-state index in [4.69, 9.17) is 4.98 Å². The van der Waals surface area contributed by atoms with Crippen molar-refractivity contribution in [3.8, 4) is 0 Å². The third kappa shape index (κ3) is 3.58. The number of hydrogen-bond acceptors (Lipinski definition) is 4. The molecule has 112 valence electrons. The van der Waals surface area contributed by atoms with Gasteiger partial charge in [0.2, 0.25) is 0 Å². The van der Waals surface area contributed by atoms with Crippen molar-refractivity contribution in [3.05, 3.63) is 15.6 Å². The zero-order valence-corrected chi connectivity index (χ0v) is 14.1. The van der Waals surface area contributed by atoms with Crippen molar-refractivity contribution in [3.63, 3.8) is 0 Å². The Hall–Kier alpha value is -0.0600. The second kappa shape index (κ2) is 7.28. The first-order valence-corrected chi connectivity index (χ1v) is 9.98. The molecule has 0 amide bonds. The number of nitrogens with zero attached hydrogens (tertiary/aromatic N) is 1. The molecule has 20 heavy (non-hydrogen) atoms. The van der Waals surface area contributed by atoms with Crippen LogP contribution in [0.4, 0.5) is 0 Å². The number of nitrogens with one attached hydrogen (secondary N) is 1. The summed E-state index contributed by atoms with van der Waals surface area (Å²) in [6.45, 7) is 1.09. The zero-order chi connectivity index (χ0) is 13.8. The average Bonchev–Trinajstić information content (AvgIpc) is 2.91. The van der Waals surface area contributed by atoms with E-state index in [1.807, 2.05) is 11.3 Å². The lowest BCUT2D eigenvalue weighted by atomic mass is 9.91. The molecule has 0 spiro atoms. The molecule has 0 radical (unpaired) electrons. The molecule has 1 N–H and O–H groups in total. The fraction of sp³-hybridized carbons (Fsp3) is 0.812. The molecule has 3 rings (SSSR count). The van der Waals surface area contributed by atoms with Gasteiger partial charge in [0, 0.05) is 28.3 Å². The summed E-state index contributed by atoms with van der Waals surface area (Å²) in [6, 6.07) is 0. The molecule has 0 saturated heterocycles. The molecule has 0 bridgehead atoms. The van der Waals surface area contributed by atoms with Crippen LogP contribution in [-0.2, 0) is 12.2 Å². The van der Waals surface area contributed by atoms with Crippen LogP contribution in [0, 0.1) is 0 Å². The Kier molecular flexibility index (Phi) is 5.41. The van der Waals surface area contributed by atoms with E-state index in [9.17, 15) is 0 Å². The van der Waals surface area contributed by atoms with E-state index >= 15 is 0 Å². The maximum Gasteiger partial charge on any atom is 0.103 e. The molecule has 2 aliphatic rings. The van der Waals surface area contributed by atoms with Crippen LogP contribution in [0.15, 0.2) is 0 Å². The summed E-state index contributed by atoms with van der Waals surface area (Å²) in [4.78, 5) is 6.57. The van der Waals surface area contributed by atoms with Crippen molar-refractivity contribution in [2.45, 2.75) is 68.3 Å². The number of thiazole rings is 1. The summed E-state index contributed by atoms with van der Waals surface area (Å²) >= 11 is 4.15. The van der Waals surface area contributed by atoms with E-state index in [1.54, 1.807) is 4.88 Å². The SMILES string of the molecule is CNCC1CCCc2sc(CSC3CCCCC3)nc21. The Morgan fingerprint density at radius 3 is 2.85 bits per heavy atom. The number of rotatable bonds is 5. The third-order valence-electron chi connectivity index (χ3n) is 4.56. The van der Waals surface area contributed by atoms with Gasteiger partial charge in [0.1, 0.15) is 5.01 Å². The first kappa shape index (κ1) is 14.9. The first-order chi connectivity index (χ1) is 9.86. The average molecular weight is 311 g/mol. The number of aromatic nitrogens is 1. The minimum atomic E-state index is 0.661. The molecule has 2 aliphatic carbocycles. The quantitative estimate of drug-likeness (QED) is 0.875. The highest BCUT2D eigenvalue weighted by Gasteiger charge is 2.24. The van der Waals surface area contributed by atoms with Crippen LogP contribution in [0.1, 0.15) is 66.4 Å². The predicted molar refractivity (Wildman–Crippen MR) is 89.9 cm³/mol. The maximum atomic E-state index is 4.99. The lowest BCUT2D eigenvalue weighted by Gasteiger charge is -2.20. The fourth-order valence-electron chi connectivity index (χ4n) is 3.49. The lowest BCUT2D eigenvalue weighted by Crippen LogP contribution is -2.21. The van der Waals surface area contributed by atoms with Gasteiger partial charge in [-0.15, -0.1) is 11.3 Å². The van der Waals surface area contributed by atoms with E-state index in [2.05, 4.69) is 24.1 Å². The van der Waals surface area contributed by atoms with Gasteiger partial charge in [0.05, 0.1) is 5.69 Å². The van der Waals surface area contributed by atoms with E-state index in [1.165, 1.54) is 62.1 Å². The van der Waals surface area contributed by atoms with Crippen molar-refractivity contribution in [1.29, 1.82) is 0 Å². The highest BCUT2D eigenvalue weighted by atomic mass is 32.2. The molecule has 0 aliphatic heterocycles. The monoisotopic (exact) mass is 310 g/mol. The van der Waals surface area contributed by atoms with Crippen molar-refractivity contribution in [2.24, 2.45) is 0 Å². The Bertz CT molecular complexity index is 424. The number of fused-ring (bicyclic) bond motifs is 1. The molecular weight excluding hydrogens is 284 g/mol. The van der Waals surface area contributed by atoms with Crippen LogP contribution in [-0.4, -0.2) is 23.8 Å². The molecule has 2 nitrogen and oxygen atoms in total.